The monoisotopic (exact) mass is 497 g/mol. The predicted molar refractivity (Wildman–Crippen MR) is 136 cm³/mol. The Morgan fingerprint density at radius 3 is 2.25 bits per heavy atom. The van der Waals surface area contributed by atoms with Crippen molar-refractivity contribution in [3.05, 3.63) is 59.7 Å². The molecular formula is C27H35N3O6. The Kier molecular flexibility index (Phi) is 8.57. The van der Waals surface area contributed by atoms with Gasteiger partial charge in [-0.2, -0.15) is 0 Å². The molecule has 2 atom stereocenters. The maximum absolute atomic E-state index is 13.7. The smallest absolute Gasteiger partial charge is 0.408 e. The number of amides is 3. The average Bonchev–Trinajstić information content (AvgIpc) is 3.65. The number of rotatable bonds is 9. The summed E-state index contributed by atoms with van der Waals surface area (Å²) in [4.78, 5) is 41.3. The van der Waals surface area contributed by atoms with E-state index < -0.39 is 42.2 Å². The van der Waals surface area contributed by atoms with Crippen LogP contribution in [0.3, 0.4) is 0 Å². The summed E-state index contributed by atoms with van der Waals surface area (Å²) in [5, 5.41) is 15.4. The first-order valence-corrected chi connectivity index (χ1v) is 12.0. The number of aryl methyl sites for hydroxylation is 1. The molecule has 1 fully saturated rings. The third-order valence-corrected chi connectivity index (χ3v) is 5.73. The fourth-order valence-corrected chi connectivity index (χ4v) is 3.88. The van der Waals surface area contributed by atoms with E-state index in [1.807, 2.05) is 31.2 Å². The fourth-order valence-electron chi connectivity index (χ4n) is 3.88. The largest absolute Gasteiger partial charge is 0.497 e. The zero-order valence-electron chi connectivity index (χ0n) is 21.4. The molecule has 3 N–H and O–H groups in total. The Balaban J connectivity index is 1.93. The van der Waals surface area contributed by atoms with Crippen molar-refractivity contribution in [2.24, 2.45) is 0 Å². The zero-order valence-corrected chi connectivity index (χ0v) is 21.4. The third-order valence-electron chi connectivity index (χ3n) is 5.73. The van der Waals surface area contributed by atoms with Gasteiger partial charge in [-0.15, -0.1) is 0 Å². The first-order valence-electron chi connectivity index (χ1n) is 12.0. The zero-order chi connectivity index (χ0) is 26.5. The summed E-state index contributed by atoms with van der Waals surface area (Å²) in [6, 6.07) is 11.8. The Labute approximate surface area is 211 Å². The van der Waals surface area contributed by atoms with Crippen LogP contribution >= 0.6 is 0 Å². The van der Waals surface area contributed by atoms with Gasteiger partial charge in [0.2, 0.25) is 5.91 Å². The van der Waals surface area contributed by atoms with Crippen LogP contribution in [0.1, 0.15) is 50.8 Å². The molecule has 9 nitrogen and oxygen atoms in total. The van der Waals surface area contributed by atoms with Gasteiger partial charge in [0.05, 0.1) is 13.7 Å². The minimum Gasteiger partial charge on any atom is -0.497 e. The van der Waals surface area contributed by atoms with Crippen molar-refractivity contribution >= 4 is 23.6 Å². The molecule has 194 valence electrons. The van der Waals surface area contributed by atoms with E-state index in [0.29, 0.717) is 29.8 Å². The van der Waals surface area contributed by atoms with Gasteiger partial charge in [-0.25, -0.2) is 4.79 Å². The molecule has 9 heteroatoms. The Bertz CT molecular complexity index is 1080. The van der Waals surface area contributed by atoms with Gasteiger partial charge in [0, 0.05) is 11.7 Å². The summed E-state index contributed by atoms with van der Waals surface area (Å²) in [6.07, 6.45) is 0.615. The number of methoxy groups -OCH3 is 1. The standard InChI is InChI=1S/C27H35N3O6/c1-17-8-6-7-9-21(17)23(24(32)28-18-10-14-20(35-5)15-11-18)30(19-12-13-19)25(33)22(16-31)29-26(34)36-27(2,3)4/h6-11,14-15,19,22-23,31H,12-13,16H2,1-5H3,(H,28,32)(H,29,34). The van der Waals surface area contributed by atoms with Crippen molar-refractivity contribution in [2.45, 2.75) is 64.3 Å². The Hall–Kier alpha value is -3.59. The number of benzene rings is 2. The lowest BCUT2D eigenvalue weighted by Gasteiger charge is -2.34. The quantitative estimate of drug-likeness (QED) is 0.488. The fraction of sp³-hybridized carbons (Fsp3) is 0.444. The van der Waals surface area contributed by atoms with Gasteiger partial charge in [-0.1, -0.05) is 24.3 Å². The van der Waals surface area contributed by atoms with Crippen molar-refractivity contribution in [1.29, 1.82) is 0 Å². The number of anilines is 1. The lowest BCUT2D eigenvalue weighted by atomic mass is 9.98. The number of alkyl carbamates (subject to hydrolysis) is 1. The van der Waals surface area contributed by atoms with Gasteiger partial charge in [-0.3, -0.25) is 9.59 Å². The molecule has 36 heavy (non-hydrogen) atoms. The molecule has 0 bridgehead atoms. The lowest BCUT2D eigenvalue weighted by Crippen LogP contribution is -2.54. The Morgan fingerprint density at radius 2 is 1.72 bits per heavy atom. The number of nitrogens with zero attached hydrogens (tertiary/aromatic N) is 1. The second-order valence-electron chi connectivity index (χ2n) is 9.83. The summed E-state index contributed by atoms with van der Waals surface area (Å²) in [7, 11) is 1.56. The summed E-state index contributed by atoms with van der Waals surface area (Å²) in [5.74, 6) is -0.301. The van der Waals surface area contributed by atoms with E-state index in [4.69, 9.17) is 9.47 Å². The van der Waals surface area contributed by atoms with Gasteiger partial charge in [0.1, 0.15) is 23.4 Å². The van der Waals surface area contributed by atoms with Gasteiger partial charge < -0.3 is 30.1 Å². The minimum atomic E-state index is -1.26. The average molecular weight is 498 g/mol. The number of hydrogen-bond acceptors (Lipinski definition) is 6. The van der Waals surface area contributed by atoms with E-state index in [1.54, 1.807) is 52.1 Å². The molecule has 0 heterocycles. The third kappa shape index (κ3) is 6.97. The lowest BCUT2D eigenvalue weighted by molar-refractivity contribution is -0.142. The number of nitrogens with one attached hydrogen (secondary N) is 2. The molecule has 3 rings (SSSR count). The molecule has 2 unspecified atom stereocenters. The topological polar surface area (TPSA) is 117 Å². The maximum atomic E-state index is 13.7. The normalized spacial score (nSPS) is 14.8. The van der Waals surface area contributed by atoms with Crippen molar-refractivity contribution < 1.29 is 29.0 Å². The molecule has 0 radical (unpaired) electrons. The molecule has 0 spiro atoms. The van der Waals surface area contributed by atoms with Crippen molar-refractivity contribution in [3.63, 3.8) is 0 Å². The minimum absolute atomic E-state index is 0.196. The summed E-state index contributed by atoms with van der Waals surface area (Å²) < 4.78 is 10.4. The number of carbonyl (C=O) groups excluding carboxylic acids is 3. The molecule has 0 aliphatic heterocycles. The number of hydrogen-bond donors (Lipinski definition) is 3. The highest BCUT2D eigenvalue weighted by atomic mass is 16.6. The number of carbonyl (C=O) groups is 3. The van der Waals surface area contributed by atoms with Gasteiger partial charge >= 0.3 is 6.09 Å². The molecule has 1 saturated carbocycles. The highest BCUT2D eigenvalue weighted by Crippen LogP contribution is 2.37. The van der Waals surface area contributed by atoms with Crippen molar-refractivity contribution in [1.82, 2.24) is 10.2 Å². The van der Waals surface area contributed by atoms with Crippen LogP contribution in [-0.2, 0) is 14.3 Å². The molecule has 2 aromatic rings. The highest BCUT2D eigenvalue weighted by molar-refractivity contribution is 5.99. The summed E-state index contributed by atoms with van der Waals surface area (Å²) >= 11 is 0. The number of aliphatic hydroxyl groups excluding tert-OH is 1. The van der Waals surface area contributed by atoms with E-state index in [2.05, 4.69) is 10.6 Å². The van der Waals surface area contributed by atoms with Crippen LogP contribution < -0.4 is 15.4 Å². The van der Waals surface area contributed by atoms with Gasteiger partial charge in [0.25, 0.3) is 5.91 Å². The summed E-state index contributed by atoms with van der Waals surface area (Å²) in [5.41, 5.74) is 1.28. The van der Waals surface area contributed by atoms with Crippen LogP contribution in [0.2, 0.25) is 0 Å². The van der Waals surface area contributed by atoms with Gasteiger partial charge in [-0.05, 0) is 75.9 Å². The Morgan fingerprint density at radius 1 is 1.08 bits per heavy atom. The van der Waals surface area contributed by atoms with E-state index >= 15 is 0 Å². The van der Waals surface area contributed by atoms with Crippen LogP contribution in [0.4, 0.5) is 10.5 Å². The predicted octanol–water partition coefficient (Wildman–Crippen LogP) is 3.56. The number of ether oxygens (including phenoxy) is 2. The summed E-state index contributed by atoms with van der Waals surface area (Å²) in [6.45, 7) is 6.35. The van der Waals surface area contributed by atoms with Crippen LogP contribution in [0, 0.1) is 6.92 Å². The molecule has 0 aromatic heterocycles. The molecular weight excluding hydrogens is 462 g/mol. The molecule has 0 saturated heterocycles. The van der Waals surface area contributed by atoms with E-state index in [0.717, 1.165) is 5.56 Å². The second kappa shape index (κ2) is 11.4. The molecule has 2 aromatic carbocycles. The van der Waals surface area contributed by atoms with Crippen LogP contribution in [-0.4, -0.2) is 59.3 Å². The highest BCUT2D eigenvalue weighted by Gasteiger charge is 2.44. The van der Waals surface area contributed by atoms with Gasteiger partial charge in [0.15, 0.2) is 0 Å². The second-order valence-corrected chi connectivity index (χ2v) is 9.83. The van der Waals surface area contributed by atoms with E-state index in [1.165, 1.54) is 4.90 Å². The first kappa shape index (κ1) is 27.0. The van der Waals surface area contributed by atoms with Crippen molar-refractivity contribution in [2.75, 3.05) is 19.0 Å². The SMILES string of the molecule is COc1ccc(NC(=O)C(c2ccccc2C)N(C(=O)C(CO)NC(=O)OC(C)(C)C)C2CC2)cc1. The van der Waals surface area contributed by atoms with E-state index in [9.17, 15) is 19.5 Å². The number of aliphatic hydroxyl groups is 1. The van der Waals surface area contributed by atoms with Crippen molar-refractivity contribution in [3.8, 4) is 5.75 Å². The van der Waals surface area contributed by atoms with Crippen LogP contribution in [0.5, 0.6) is 5.75 Å². The van der Waals surface area contributed by atoms with Crippen LogP contribution in [0.15, 0.2) is 48.5 Å². The molecule has 1 aliphatic carbocycles. The van der Waals surface area contributed by atoms with E-state index in [-0.39, 0.29) is 6.04 Å². The molecule has 3 amide bonds. The van der Waals surface area contributed by atoms with Crippen LogP contribution in [0.25, 0.3) is 0 Å². The first-order chi connectivity index (χ1) is 17.0. The molecule has 1 aliphatic rings. The maximum Gasteiger partial charge on any atom is 0.408 e.